The monoisotopic (exact) mass is 222 g/mol. The molecule has 2 heteroatoms. The topological polar surface area (TPSA) is 9.23 Å². The van der Waals surface area contributed by atoms with Crippen LogP contribution in [0.4, 0.5) is 0 Å². The Morgan fingerprint density at radius 2 is 1.62 bits per heavy atom. The molecule has 0 atom stereocenters. The van der Waals surface area contributed by atoms with Gasteiger partial charge in [-0.3, -0.25) is 0 Å². The molecule has 0 aliphatic carbocycles. The molecule has 0 rings (SSSR count). The first kappa shape index (κ1) is 8.76. The average molecular weight is 221 g/mol. The summed E-state index contributed by atoms with van der Waals surface area (Å²) in [5, 5.41) is 0. The van der Waals surface area contributed by atoms with Gasteiger partial charge in [-0.2, -0.15) is 0 Å². The molecule has 0 spiro atoms. The standard InChI is InChI=1S/C3H7O.C3H7.Sn/c1-3(2)4;1-3-2;/h3H,1-2H3;3H,1-2H3;/q-1;;+3. The van der Waals surface area contributed by atoms with Gasteiger partial charge in [0.1, 0.15) is 0 Å². The third-order valence-electron chi connectivity index (χ3n) is 0.539. The first-order valence-electron chi connectivity index (χ1n) is 3.04. The maximum absolute atomic E-state index is 5.47. The SMILES string of the molecule is CC(C)[O][Sn+2][CH](C)C. The van der Waals surface area contributed by atoms with Gasteiger partial charge in [-0.05, 0) is 0 Å². The molecule has 46 valence electrons. The fourth-order valence-electron chi connectivity index (χ4n) is 0.272. The van der Waals surface area contributed by atoms with Crippen LogP contribution >= 0.6 is 0 Å². The maximum atomic E-state index is 5.47. The fourth-order valence-corrected chi connectivity index (χ4v) is 1.83. The summed E-state index contributed by atoms with van der Waals surface area (Å²) in [6.45, 7) is 8.66. The summed E-state index contributed by atoms with van der Waals surface area (Å²) >= 11 is -0.445. The van der Waals surface area contributed by atoms with E-state index < -0.39 is 21.6 Å². The van der Waals surface area contributed by atoms with E-state index >= 15 is 0 Å². The predicted octanol–water partition coefficient (Wildman–Crippen LogP) is 1.86. The zero-order valence-electron chi connectivity index (χ0n) is 6.06. The van der Waals surface area contributed by atoms with Crippen molar-refractivity contribution >= 4 is 21.6 Å². The molecule has 0 radical (unpaired) electrons. The van der Waals surface area contributed by atoms with E-state index in [1.807, 2.05) is 0 Å². The first-order chi connectivity index (χ1) is 3.63. The molecule has 0 heterocycles. The second-order valence-electron chi connectivity index (χ2n) is 2.44. The molecule has 0 unspecified atom stereocenters. The van der Waals surface area contributed by atoms with Crippen LogP contribution in [0.1, 0.15) is 27.7 Å². The van der Waals surface area contributed by atoms with Crippen LogP contribution in [-0.4, -0.2) is 27.7 Å². The van der Waals surface area contributed by atoms with Crippen molar-refractivity contribution in [3.63, 3.8) is 0 Å². The van der Waals surface area contributed by atoms with Crippen molar-refractivity contribution < 1.29 is 3.07 Å². The fraction of sp³-hybridized carbons (Fsp3) is 1.00. The van der Waals surface area contributed by atoms with Crippen molar-refractivity contribution in [3.05, 3.63) is 0 Å². The summed E-state index contributed by atoms with van der Waals surface area (Å²) < 4.78 is 6.31. The zero-order chi connectivity index (χ0) is 6.57. The van der Waals surface area contributed by atoms with Crippen LogP contribution in [0.3, 0.4) is 0 Å². The van der Waals surface area contributed by atoms with Crippen LogP contribution in [0.2, 0.25) is 3.93 Å². The Morgan fingerprint density at radius 3 is 1.75 bits per heavy atom. The van der Waals surface area contributed by atoms with E-state index in [1.54, 1.807) is 0 Å². The summed E-state index contributed by atoms with van der Waals surface area (Å²) in [4.78, 5) is 0. The van der Waals surface area contributed by atoms with E-state index in [2.05, 4.69) is 27.7 Å². The van der Waals surface area contributed by atoms with E-state index in [4.69, 9.17) is 3.07 Å². The molecule has 0 saturated heterocycles. The van der Waals surface area contributed by atoms with E-state index in [9.17, 15) is 0 Å². The second kappa shape index (κ2) is 4.62. The van der Waals surface area contributed by atoms with Crippen LogP contribution < -0.4 is 0 Å². The van der Waals surface area contributed by atoms with E-state index in [1.165, 1.54) is 0 Å². The Kier molecular flexibility index (Phi) is 5.06. The normalized spacial score (nSPS) is 10.2. The van der Waals surface area contributed by atoms with Crippen molar-refractivity contribution in [2.45, 2.75) is 37.7 Å². The van der Waals surface area contributed by atoms with Gasteiger partial charge in [0.05, 0.1) is 0 Å². The molecule has 8 heavy (non-hydrogen) atoms. The number of hydrogen-bond acceptors (Lipinski definition) is 1. The van der Waals surface area contributed by atoms with Crippen molar-refractivity contribution in [1.29, 1.82) is 0 Å². The molecule has 0 saturated carbocycles. The summed E-state index contributed by atoms with van der Waals surface area (Å²) in [6, 6.07) is 0. The van der Waals surface area contributed by atoms with Crippen LogP contribution in [0, 0.1) is 0 Å². The molecular formula is C6H14OSn+2. The molecule has 0 amide bonds. The third kappa shape index (κ3) is 6.76. The van der Waals surface area contributed by atoms with Gasteiger partial charge in [-0.15, -0.1) is 0 Å². The zero-order valence-corrected chi connectivity index (χ0v) is 8.92. The molecule has 0 fully saturated rings. The number of rotatable bonds is 3. The minimum atomic E-state index is -0.445. The van der Waals surface area contributed by atoms with Gasteiger partial charge in [0.2, 0.25) is 0 Å². The van der Waals surface area contributed by atoms with Gasteiger partial charge in [0.25, 0.3) is 0 Å². The minimum absolute atomic E-state index is 0.445. The molecular weight excluding hydrogens is 207 g/mol. The van der Waals surface area contributed by atoms with Crippen LogP contribution in [0.15, 0.2) is 0 Å². The molecule has 1 nitrogen and oxygen atoms in total. The Bertz CT molecular complexity index is 44.5. The first-order valence-corrected chi connectivity index (χ1v) is 5.85. The molecule has 0 aromatic carbocycles. The Labute approximate surface area is 62.6 Å². The van der Waals surface area contributed by atoms with Gasteiger partial charge in [0, 0.05) is 0 Å². The predicted molar refractivity (Wildman–Crippen MR) is 37.1 cm³/mol. The second-order valence-corrected chi connectivity index (χ2v) is 7.08. The van der Waals surface area contributed by atoms with Crippen LogP contribution in [-0.2, 0) is 3.07 Å². The third-order valence-corrected chi connectivity index (χ3v) is 3.62. The Morgan fingerprint density at radius 1 is 1.12 bits per heavy atom. The van der Waals surface area contributed by atoms with Gasteiger partial charge < -0.3 is 0 Å². The quantitative estimate of drug-likeness (QED) is 0.660. The average Bonchev–Trinajstić information content (AvgIpc) is 1.61. The van der Waals surface area contributed by atoms with Gasteiger partial charge in [-0.25, -0.2) is 0 Å². The Balaban J connectivity index is 2.93. The summed E-state index contributed by atoms with van der Waals surface area (Å²) in [7, 11) is 0. The van der Waals surface area contributed by atoms with Crippen molar-refractivity contribution in [2.24, 2.45) is 0 Å². The molecule has 0 aromatic heterocycles. The van der Waals surface area contributed by atoms with E-state index in [0.717, 1.165) is 3.93 Å². The van der Waals surface area contributed by atoms with Crippen molar-refractivity contribution in [2.75, 3.05) is 0 Å². The molecule has 0 N–H and O–H groups in total. The van der Waals surface area contributed by atoms with Gasteiger partial charge >= 0.3 is 62.4 Å². The van der Waals surface area contributed by atoms with Gasteiger partial charge in [-0.1, -0.05) is 0 Å². The van der Waals surface area contributed by atoms with Gasteiger partial charge in [0.15, 0.2) is 0 Å². The molecule has 0 aromatic rings. The summed E-state index contributed by atoms with van der Waals surface area (Å²) in [5.74, 6) is 0. The summed E-state index contributed by atoms with van der Waals surface area (Å²) in [6.07, 6.45) is 0.462. The van der Waals surface area contributed by atoms with Crippen LogP contribution in [0.25, 0.3) is 0 Å². The van der Waals surface area contributed by atoms with Crippen molar-refractivity contribution in [3.8, 4) is 0 Å². The van der Waals surface area contributed by atoms with Crippen molar-refractivity contribution in [1.82, 2.24) is 0 Å². The molecule has 0 aliphatic heterocycles. The van der Waals surface area contributed by atoms with E-state index in [-0.39, 0.29) is 0 Å². The number of hydrogen-bond donors (Lipinski definition) is 0. The summed E-state index contributed by atoms with van der Waals surface area (Å²) in [5.41, 5.74) is 0. The van der Waals surface area contributed by atoms with Crippen LogP contribution in [0.5, 0.6) is 0 Å². The molecule has 0 bridgehead atoms. The molecule has 0 aliphatic rings. The van der Waals surface area contributed by atoms with E-state index in [0.29, 0.717) is 6.10 Å². The Hall–Kier alpha value is 0.759.